The smallest absolute Gasteiger partial charge is 0.289 e. The number of rotatable bonds is 3. The molecule has 0 aliphatic heterocycles. The molecule has 0 heterocycles. The highest BCUT2D eigenvalue weighted by Gasteiger charge is 2.35. The van der Waals surface area contributed by atoms with Gasteiger partial charge < -0.3 is 0 Å². The van der Waals surface area contributed by atoms with E-state index < -0.39 is 17.5 Å². The number of ketones is 1. The number of hydrogen-bond acceptors (Lipinski definition) is 1. The van der Waals surface area contributed by atoms with Gasteiger partial charge in [-0.1, -0.05) is 57.9 Å². The predicted molar refractivity (Wildman–Crippen MR) is 83.7 cm³/mol. The first-order chi connectivity index (χ1) is 10.3. The van der Waals surface area contributed by atoms with E-state index >= 15 is 0 Å². The molecule has 0 atom stereocenters. The van der Waals surface area contributed by atoms with Crippen LogP contribution in [0.1, 0.15) is 21.5 Å². The van der Waals surface area contributed by atoms with Gasteiger partial charge in [0.15, 0.2) is 5.78 Å². The molecular formula is C17H12BrF3O. The van der Waals surface area contributed by atoms with Gasteiger partial charge in [-0.3, -0.25) is 4.79 Å². The molecule has 0 unspecified atom stereocenters. The third kappa shape index (κ3) is 4.07. The van der Waals surface area contributed by atoms with Crippen LogP contribution in [0.3, 0.4) is 0 Å². The van der Waals surface area contributed by atoms with Gasteiger partial charge in [-0.2, -0.15) is 13.2 Å². The maximum atomic E-state index is 13.2. The summed E-state index contributed by atoms with van der Waals surface area (Å²) < 4.78 is 40.3. The molecule has 1 nitrogen and oxygen atoms in total. The van der Waals surface area contributed by atoms with Crippen LogP contribution in [-0.4, -0.2) is 12.0 Å². The summed E-state index contributed by atoms with van der Waals surface area (Å²) in [5.41, 5.74) is 0.163. The molecule has 2 rings (SSSR count). The molecule has 0 aliphatic rings. The van der Waals surface area contributed by atoms with Gasteiger partial charge in [0.25, 0.3) is 0 Å². The molecule has 0 saturated carbocycles. The zero-order valence-electron chi connectivity index (χ0n) is 11.6. The summed E-state index contributed by atoms with van der Waals surface area (Å²) in [6.45, 7) is 1.84. The molecule has 0 saturated heterocycles. The fraction of sp³-hybridized carbons (Fsp3) is 0.118. The van der Waals surface area contributed by atoms with Gasteiger partial charge in [0, 0.05) is 10.0 Å². The number of carbonyl (C=O) groups is 1. The Morgan fingerprint density at radius 2 is 1.45 bits per heavy atom. The summed E-state index contributed by atoms with van der Waals surface area (Å²) in [6.07, 6.45) is -3.96. The quantitative estimate of drug-likeness (QED) is 0.510. The first-order valence-electron chi connectivity index (χ1n) is 6.43. The fourth-order valence-corrected chi connectivity index (χ4v) is 2.15. The Labute approximate surface area is 134 Å². The Bertz CT molecular complexity index is 698. The van der Waals surface area contributed by atoms with E-state index in [0.717, 1.165) is 5.56 Å². The third-order valence-corrected chi connectivity index (χ3v) is 3.60. The van der Waals surface area contributed by atoms with E-state index in [-0.39, 0.29) is 11.1 Å². The summed E-state index contributed by atoms with van der Waals surface area (Å²) >= 11 is 3.17. The lowest BCUT2D eigenvalue weighted by Gasteiger charge is -2.12. The van der Waals surface area contributed by atoms with Crippen LogP contribution in [0, 0.1) is 6.92 Å². The van der Waals surface area contributed by atoms with Gasteiger partial charge >= 0.3 is 6.18 Å². The Balaban J connectivity index is 2.43. The normalized spacial score (nSPS) is 12.3. The number of aryl methyl sites for hydroxylation is 1. The number of halogens is 4. The third-order valence-electron chi connectivity index (χ3n) is 3.07. The first kappa shape index (κ1) is 16.5. The van der Waals surface area contributed by atoms with E-state index in [4.69, 9.17) is 0 Å². The largest absolute Gasteiger partial charge is 0.417 e. The lowest BCUT2D eigenvalue weighted by Crippen LogP contribution is -2.12. The Hall–Kier alpha value is -1.88. The lowest BCUT2D eigenvalue weighted by molar-refractivity contribution is -0.0689. The number of hydrogen-bond donors (Lipinski definition) is 0. The molecular weight excluding hydrogens is 357 g/mol. The molecule has 2 aromatic rings. The highest BCUT2D eigenvalue weighted by Crippen LogP contribution is 2.34. The topological polar surface area (TPSA) is 17.1 Å². The Kier molecular flexibility index (Phi) is 4.86. The summed E-state index contributed by atoms with van der Waals surface area (Å²) in [5, 5.41) is 0. The minimum atomic E-state index is -4.60. The van der Waals surface area contributed by atoms with Crippen molar-refractivity contribution in [3.8, 4) is 0 Å². The summed E-state index contributed by atoms with van der Waals surface area (Å²) in [4.78, 5) is 12.1. The molecule has 0 aliphatic carbocycles. The average molecular weight is 369 g/mol. The molecule has 0 spiro atoms. The monoisotopic (exact) mass is 368 g/mol. The molecule has 0 fully saturated rings. The van der Waals surface area contributed by atoms with Crippen LogP contribution in [0.5, 0.6) is 0 Å². The molecule has 114 valence electrons. The summed E-state index contributed by atoms with van der Waals surface area (Å²) in [5.74, 6) is -0.671. The van der Waals surface area contributed by atoms with Gasteiger partial charge in [-0.15, -0.1) is 0 Å². The standard InChI is InChI=1S/C17H12BrF3O/c1-11-2-4-13(5-3-11)16(22)10-15(17(19,20)21)12-6-8-14(18)9-7-12/h2-10H,1H3/b15-10-. The van der Waals surface area contributed by atoms with Crippen LogP contribution in [0.4, 0.5) is 13.2 Å². The Morgan fingerprint density at radius 1 is 0.955 bits per heavy atom. The van der Waals surface area contributed by atoms with Crippen molar-refractivity contribution < 1.29 is 18.0 Å². The Morgan fingerprint density at radius 3 is 1.95 bits per heavy atom. The van der Waals surface area contributed by atoms with Crippen LogP contribution in [-0.2, 0) is 0 Å². The first-order valence-corrected chi connectivity index (χ1v) is 7.22. The van der Waals surface area contributed by atoms with E-state index in [9.17, 15) is 18.0 Å². The van der Waals surface area contributed by atoms with E-state index in [1.807, 2.05) is 6.92 Å². The molecule has 5 heteroatoms. The van der Waals surface area contributed by atoms with Gasteiger partial charge in [0.1, 0.15) is 0 Å². The van der Waals surface area contributed by atoms with E-state index in [1.54, 1.807) is 12.1 Å². The van der Waals surface area contributed by atoms with Gasteiger partial charge in [-0.25, -0.2) is 0 Å². The number of carbonyl (C=O) groups excluding carboxylic acids is 1. The van der Waals surface area contributed by atoms with Gasteiger partial charge in [0.2, 0.25) is 0 Å². The summed E-state index contributed by atoms with van der Waals surface area (Å²) in [6, 6.07) is 12.1. The van der Waals surface area contributed by atoms with E-state index in [0.29, 0.717) is 10.5 Å². The van der Waals surface area contributed by atoms with Crippen LogP contribution >= 0.6 is 15.9 Å². The second-order valence-corrected chi connectivity index (χ2v) is 5.71. The van der Waals surface area contributed by atoms with Crippen molar-refractivity contribution >= 4 is 27.3 Å². The van der Waals surface area contributed by atoms with Gasteiger partial charge in [0.05, 0.1) is 5.57 Å². The molecule has 22 heavy (non-hydrogen) atoms. The fourth-order valence-electron chi connectivity index (χ4n) is 1.89. The molecule has 2 aromatic carbocycles. The summed E-state index contributed by atoms with van der Waals surface area (Å²) in [7, 11) is 0. The van der Waals surface area contributed by atoms with E-state index in [2.05, 4.69) is 15.9 Å². The number of alkyl halides is 3. The average Bonchev–Trinajstić information content (AvgIpc) is 2.45. The lowest BCUT2D eigenvalue weighted by atomic mass is 10.0. The SMILES string of the molecule is Cc1ccc(C(=O)/C=C(/c2ccc(Br)cc2)C(F)(F)F)cc1. The van der Waals surface area contributed by atoms with Crippen molar-refractivity contribution in [2.45, 2.75) is 13.1 Å². The molecule has 0 N–H and O–H groups in total. The van der Waals surface area contributed by atoms with Crippen LogP contribution < -0.4 is 0 Å². The van der Waals surface area contributed by atoms with Crippen molar-refractivity contribution in [1.82, 2.24) is 0 Å². The van der Waals surface area contributed by atoms with Crippen LogP contribution in [0.2, 0.25) is 0 Å². The second kappa shape index (κ2) is 6.48. The molecule has 0 amide bonds. The maximum absolute atomic E-state index is 13.2. The molecule has 0 radical (unpaired) electrons. The van der Waals surface area contributed by atoms with Crippen molar-refractivity contribution in [1.29, 1.82) is 0 Å². The number of benzene rings is 2. The van der Waals surface area contributed by atoms with E-state index in [1.165, 1.54) is 36.4 Å². The van der Waals surface area contributed by atoms with Crippen molar-refractivity contribution in [2.75, 3.05) is 0 Å². The zero-order chi connectivity index (χ0) is 16.3. The zero-order valence-corrected chi connectivity index (χ0v) is 13.2. The predicted octanol–water partition coefficient (Wildman–Crippen LogP) is 5.59. The van der Waals surface area contributed by atoms with Gasteiger partial charge in [-0.05, 0) is 30.7 Å². The van der Waals surface area contributed by atoms with Crippen LogP contribution in [0.15, 0.2) is 59.1 Å². The van der Waals surface area contributed by atoms with Crippen LogP contribution in [0.25, 0.3) is 5.57 Å². The molecule has 0 bridgehead atoms. The van der Waals surface area contributed by atoms with Crippen molar-refractivity contribution in [3.05, 3.63) is 75.8 Å². The second-order valence-electron chi connectivity index (χ2n) is 4.79. The highest BCUT2D eigenvalue weighted by molar-refractivity contribution is 9.10. The maximum Gasteiger partial charge on any atom is 0.417 e. The van der Waals surface area contributed by atoms with Crippen molar-refractivity contribution in [3.63, 3.8) is 0 Å². The number of allylic oxidation sites excluding steroid dienone is 2. The minimum Gasteiger partial charge on any atom is -0.289 e. The van der Waals surface area contributed by atoms with Crippen molar-refractivity contribution in [2.24, 2.45) is 0 Å². The molecule has 0 aromatic heterocycles. The minimum absolute atomic E-state index is 0.0452. The highest BCUT2D eigenvalue weighted by atomic mass is 79.9.